The average Bonchev–Trinajstić information content (AvgIpc) is 3.39. The van der Waals surface area contributed by atoms with Crippen LogP contribution >= 0.6 is 0 Å². The summed E-state index contributed by atoms with van der Waals surface area (Å²) >= 11 is 0. The summed E-state index contributed by atoms with van der Waals surface area (Å²) in [6.07, 6.45) is 5.02. The van der Waals surface area contributed by atoms with Crippen molar-refractivity contribution in [3.63, 3.8) is 0 Å². The number of hydrogen-bond donors (Lipinski definition) is 1. The van der Waals surface area contributed by atoms with Crippen molar-refractivity contribution in [3.05, 3.63) is 84.4 Å². The molecule has 11 heteroatoms. The van der Waals surface area contributed by atoms with Crippen molar-refractivity contribution in [2.45, 2.75) is 55.6 Å². The van der Waals surface area contributed by atoms with E-state index in [9.17, 15) is 18.0 Å². The fourth-order valence-electron chi connectivity index (χ4n) is 5.25. The minimum Gasteiger partial charge on any atom is -0.351 e. The molecule has 1 aliphatic carbocycles. The number of hydrogen-bond acceptors (Lipinski definition) is 6. The maximum absolute atomic E-state index is 14.2. The van der Waals surface area contributed by atoms with E-state index in [2.05, 4.69) is 15.6 Å². The van der Waals surface area contributed by atoms with Crippen LogP contribution in [0.3, 0.4) is 0 Å². The molecule has 1 heterocycles. The van der Waals surface area contributed by atoms with E-state index in [1.807, 2.05) is 54.6 Å². The number of amides is 2. The Morgan fingerprint density at radius 3 is 2.27 bits per heavy atom. The average molecular weight is 575 g/mol. The summed E-state index contributed by atoms with van der Waals surface area (Å²) in [5.41, 5.74) is 2.38. The van der Waals surface area contributed by atoms with Crippen molar-refractivity contribution in [2.75, 3.05) is 19.0 Å². The van der Waals surface area contributed by atoms with Gasteiger partial charge in [-0.2, -0.15) is 0 Å². The lowest BCUT2D eigenvalue weighted by Gasteiger charge is -2.33. The number of aromatic nitrogens is 3. The summed E-state index contributed by atoms with van der Waals surface area (Å²) in [5.74, 6) is -0.679. The third kappa shape index (κ3) is 6.15. The van der Waals surface area contributed by atoms with E-state index in [1.54, 1.807) is 12.1 Å². The van der Waals surface area contributed by atoms with Gasteiger partial charge in [0.2, 0.25) is 21.8 Å². The molecular formula is C30H34N6O4S. The first kappa shape index (κ1) is 28.4. The van der Waals surface area contributed by atoms with Crippen molar-refractivity contribution < 1.29 is 18.0 Å². The van der Waals surface area contributed by atoms with E-state index in [0.29, 0.717) is 22.3 Å². The predicted molar refractivity (Wildman–Crippen MR) is 157 cm³/mol. The number of carbonyl (C=O) groups excluding carboxylic acids is 2. The van der Waals surface area contributed by atoms with Gasteiger partial charge < -0.3 is 5.32 Å². The number of para-hydroxylation sites is 1. The molecule has 0 aliphatic heterocycles. The van der Waals surface area contributed by atoms with Gasteiger partial charge >= 0.3 is 0 Å². The van der Waals surface area contributed by atoms with Crippen LogP contribution < -0.4 is 10.2 Å². The standard InChI is InChI=1S/C30H34N6O4S/c1-34(2)41(39,40)25-19-17-24(18-20-25)36(28(37)21-35-27-16-10-9-15-26(27)32-33-35)29(22-11-5-3-6-12-22)30(38)31-23-13-7-4-8-14-23/h3,5-6,9-12,15-20,23,29H,4,7-8,13-14,21H2,1-2H3,(H,31,38)/t29-/m0/s1. The Morgan fingerprint density at radius 2 is 1.59 bits per heavy atom. The first-order valence-electron chi connectivity index (χ1n) is 13.7. The molecule has 2 amide bonds. The van der Waals surface area contributed by atoms with Gasteiger partial charge in [0.05, 0.1) is 10.4 Å². The van der Waals surface area contributed by atoms with Gasteiger partial charge in [-0.25, -0.2) is 17.4 Å². The molecule has 214 valence electrons. The van der Waals surface area contributed by atoms with Crippen LogP contribution in [-0.4, -0.2) is 59.7 Å². The van der Waals surface area contributed by atoms with Crippen LogP contribution in [-0.2, 0) is 26.2 Å². The summed E-state index contributed by atoms with van der Waals surface area (Å²) in [5, 5.41) is 11.5. The van der Waals surface area contributed by atoms with E-state index in [0.717, 1.165) is 36.4 Å². The molecule has 0 unspecified atom stereocenters. The van der Waals surface area contributed by atoms with Gasteiger partial charge in [0.15, 0.2) is 0 Å². The van der Waals surface area contributed by atoms with E-state index >= 15 is 0 Å². The fraction of sp³-hybridized carbons (Fsp3) is 0.333. The minimum atomic E-state index is -3.68. The number of carbonyl (C=O) groups is 2. The highest BCUT2D eigenvalue weighted by Gasteiger charge is 2.34. The molecule has 0 radical (unpaired) electrons. The van der Waals surface area contributed by atoms with Gasteiger partial charge in [0.1, 0.15) is 18.1 Å². The zero-order chi connectivity index (χ0) is 29.0. The second-order valence-corrected chi connectivity index (χ2v) is 12.6. The zero-order valence-electron chi connectivity index (χ0n) is 23.2. The summed E-state index contributed by atoms with van der Waals surface area (Å²) in [6.45, 7) is -0.168. The van der Waals surface area contributed by atoms with E-state index in [-0.39, 0.29) is 23.4 Å². The third-order valence-electron chi connectivity index (χ3n) is 7.44. The molecule has 1 atom stereocenters. The molecule has 4 aromatic rings. The number of anilines is 1. The smallest absolute Gasteiger partial charge is 0.249 e. The summed E-state index contributed by atoms with van der Waals surface area (Å²) in [6, 6.07) is 21.6. The molecule has 0 bridgehead atoms. The first-order valence-corrected chi connectivity index (χ1v) is 15.2. The van der Waals surface area contributed by atoms with Crippen LogP contribution in [0.15, 0.2) is 83.8 Å². The van der Waals surface area contributed by atoms with Gasteiger partial charge in [-0.15, -0.1) is 5.10 Å². The Kier molecular flexibility index (Phi) is 8.46. The van der Waals surface area contributed by atoms with Gasteiger partial charge in [0.25, 0.3) is 0 Å². The van der Waals surface area contributed by atoms with Crippen molar-refractivity contribution in [1.29, 1.82) is 0 Å². The van der Waals surface area contributed by atoms with Crippen LogP contribution in [0.1, 0.15) is 43.7 Å². The van der Waals surface area contributed by atoms with Gasteiger partial charge in [-0.05, 0) is 54.8 Å². The quantitative estimate of drug-likeness (QED) is 0.324. The SMILES string of the molecule is CN(C)S(=O)(=O)c1ccc(N(C(=O)Cn2nnc3ccccc32)[C@H](C(=O)NC2CCCCC2)c2ccccc2)cc1. The van der Waals surface area contributed by atoms with Gasteiger partial charge in [-0.3, -0.25) is 14.5 Å². The molecule has 3 aromatic carbocycles. The fourth-order valence-corrected chi connectivity index (χ4v) is 6.15. The van der Waals surface area contributed by atoms with Crippen molar-refractivity contribution in [2.24, 2.45) is 0 Å². The largest absolute Gasteiger partial charge is 0.351 e. The second kappa shape index (κ2) is 12.2. The summed E-state index contributed by atoms with van der Waals surface area (Å²) in [4.78, 5) is 29.7. The van der Waals surface area contributed by atoms with Crippen molar-refractivity contribution in [3.8, 4) is 0 Å². The maximum atomic E-state index is 14.2. The highest BCUT2D eigenvalue weighted by atomic mass is 32.2. The number of nitrogens with one attached hydrogen (secondary N) is 1. The molecule has 1 fully saturated rings. The number of nitrogens with zero attached hydrogens (tertiary/aromatic N) is 5. The molecule has 1 aromatic heterocycles. The molecule has 0 saturated heterocycles. The van der Waals surface area contributed by atoms with Crippen LogP contribution in [0.4, 0.5) is 5.69 Å². The highest BCUT2D eigenvalue weighted by molar-refractivity contribution is 7.89. The molecule has 1 aliphatic rings. The Bertz CT molecular complexity index is 1610. The maximum Gasteiger partial charge on any atom is 0.249 e. The van der Waals surface area contributed by atoms with E-state index < -0.39 is 22.0 Å². The number of sulfonamides is 1. The lowest BCUT2D eigenvalue weighted by Crippen LogP contribution is -2.48. The monoisotopic (exact) mass is 574 g/mol. The normalized spacial score (nSPS) is 15.1. The molecule has 0 spiro atoms. The Labute approximate surface area is 240 Å². The summed E-state index contributed by atoms with van der Waals surface area (Å²) in [7, 11) is -0.763. The minimum absolute atomic E-state index is 0.0336. The Morgan fingerprint density at radius 1 is 0.927 bits per heavy atom. The topological polar surface area (TPSA) is 118 Å². The van der Waals surface area contributed by atoms with Crippen LogP contribution in [0, 0.1) is 0 Å². The molecule has 1 N–H and O–H groups in total. The van der Waals surface area contributed by atoms with Crippen molar-refractivity contribution in [1.82, 2.24) is 24.6 Å². The van der Waals surface area contributed by atoms with Crippen LogP contribution in [0.5, 0.6) is 0 Å². The number of benzene rings is 3. The molecule has 10 nitrogen and oxygen atoms in total. The van der Waals surface area contributed by atoms with Crippen molar-refractivity contribution >= 4 is 38.6 Å². The molecule has 41 heavy (non-hydrogen) atoms. The molecule has 5 rings (SSSR count). The molecule has 1 saturated carbocycles. The molecular weight excluding hydrogens is 540 g/mol. The van der Waals surface area contributed by atoms with Gasteiger partial charge in [-0.1, -0.05) is 66.9 Å². The summed E-state index contributed by atoms with van der Waals surface area (Å²) < 4.78 is 28.1. The predicted octanol–water partition coefficient (Wildman–Crippen LogP) is 3.91. The first-order chi connectivity index (χ1) is 19.8. The van der Waals surface area contributed by atoms with Gasteiger partial charge in [0, 0.05) is 25.8 Å². The Hall–Kier alpha value is -4.09. The number of rotatable bonds is 9. The Balaban J connectivity index is 1.57. The highest BCUT2D eigenvalue weighted by Crippen LogP contribution is 2.31. The zero-order valence-corrected chi connectivity index (χ0v) is 24.0. The van der Waals surface area contributed by atoms with Crippen LogP contribution in [0.25, 0.3) is 11.0 Å². The lowest BCUT2D eigenvalue weighted by molar-refractivity contribution is -0.127. The second-order valence-electron chi connectivity index (χ2n) is 10.4. The third-order valence-corrected chi connectivity index (χ3v) is 9.27. The lowest BCUT2D eigenvalue weighted by atomic mass is 9.94. The van der Waals surface area contributed by atoms with Crippen LogP contribution in [0.2, 0.25) is 0 Å². The van der Waals surface area contributed by atoms with E-state index in [4.69, 9.17) is 0 Å². The number of fused-ring (bicyclic) bond motifs is 1. The van der Waals surface area contributed by atoms with E-state index in [1.165, 1.54) is 35.8 Å².